The number of allylic oxidation sites excluding steroid dienone is 1. The first-order valence-electron chi connectivity index (χ1n) is 14.1. The zero-order valence-corrected chi connectivity index (χ0v) is 24.6. The second kappa shape index (κ2) is 12.8. The van der Waals surface area contributed by atoms with E-state index in [0.717, 1.165) is 48.8 Å². The van der Waals surface area contributed by atoms with Crippen molar-refractivity contribution in [2.45, 2.75) is 52.0 Å². The number of aromatic amines is 1. The third-order valence-corrected chi connectivity index (χ3v) is 7.69. The third kappa shape index (κ3) is 6.44. The van der Waals surface area contributed by atoms with Crippen molar-refractivity contribution in [3.8, 4) is 17.6 Å². The van der Waals surface area contributed by atoms with Crippen molar-refractivity contribution in [2.24, 2.45) is 0 Å². The molecule has 5 rings (SSSR count). The van der Waals surface area contributed by atoms with E-state index in [1.54, 1.807) is 12.3 Å². The fourth-order valence-electron chi connectivity index (χ4n) is 5.24. The van der Waals surface area contributed by atoms with E-state index in [2.05, 4.69) is 45.5 Å². The molecule has 0 saturated carbocycles. The normalized spacial score (nSPS) is 15.5. The number of fused-ring (bicyclic) bond motifs is 2. The minimum absolute atomic E-state index is 0.0189. The lowest BCUT2D eigenvalue weighted by Crippen LogP contribution is -2.31. The van der Waals surface area contributed by atoms with E-state index in [-0.39, 0.29) is 22.8 Å². The molecule has 1 fully saturated rings. The highest BCUT2D eigenvalue weighted by Crippen LogP contribution is 2.38. The maximum absolute atomic E-state index is 11.9. The average Bonchev–Trinajstić information content (AvgIpc) is 3.61. The molecule has 3 aromatic heterocycles. The molecule has 11 heteroatoms. The third-order valence-electron chi connectivity index (χ3n) is 7.50. The van der Waals surface area contributed by atoms with Crippen LogP contribution in [0.4, 0.5) is 5.82 Å². The number of anilines is 1. The van der Waals surface area contributed by atoms with Crippen molar-refractivity contribution >= 4 is 45.0 Å². The number of rotatable bonds is 13. The van der Waals surface area contributed by atoms with Gasteiger partial charge in [-0.15, -0.1) is 0 Å². The number of nitrogens with zero attached hydrogens (tertiary/aromatic N) is 6. The number of ketones is 1. The Bertz CT molecular complexity index is 1560. The van der Waals surface area contributed by atoms with Gasteiger partial charge in [0.15, 0.2) is 5.78 Å². The molecule has 0 radical (unpaired) electrons. The minimum Gasteiger partial charge on any atom is -0.462 e. The summed E-state index contributed by atoms with van der Waals surface area (Å²) in [5, 5.41) is 8.94. The van der Waals surface area contributed by atoms with Gasteiger partial charge in [-0.3, -0.25) is 9.89 Å². The zero-order valence-electron chi connectivity index (χ0n) is 23.8. The van der Waals surface area contributed by atoms with Crippen molar-refractivity contribution < 1.29 is 14.3 Å². The molecular weight excluding hydrogens is 542 g/mol. The fourth-order valence-corrected chi connectivity index (χ4v) is 5.43. The summed E-state index contributed by atoms with van der Waals surface area (Å²) >= 11 is 6.57. The molecule has 1 aliphatic heterocycles. The Balaban J connectivity index is 1.59. The molecule has 0 unspecified atom stereocenters. The lowest BCUT2D eigenvalue weighted by atomic mass is 10.1. The van der Waals surface area contributed by atoms with Gasteiger partial charge >= 0.3 is 6.01 Å². The van der Waals surface area contributed by atoms with Gasteiger partial charge in [-0.2, -0.15) is 20.1 Å². The van der Waals surface area contributed by atoms with Gasteiger partial charge in [0.2, 0.25) is 5.88 Å². The Morgan fingerprint density at radius 2 is 2.12 bits per heavy atom. The summed E-state index contributed by atoms with van der Waals surface area (Å²) in [4.78, 5) is 30.6. The van der Waals surface area contributed by atoms with Gasteiger partial charge in [0, 0.05) is 25.6 Å². The molecule has 4 aromatic rings. The molecule has 216 valence electrons. The van der Waals surface area contributed by atoms with Crippen LogP contribution in [0.15, 0.2) is 37.1 Å². The summed E-state index contributed by atoms with van der Waals surface area (Å²) in [6.45, 7) is 10.5. The van der Waals surface area contributed by atoms with Crippen LogP contribution < -0.4 is 14.4 Å². The first-order chi connectivity index (χ1) is 19.9. The quantitative estimate of drug-likeness (QED) is 0.154. The number of ether oxygens (including phenoxy) is 2. The van der Waals surface area contributed by atoms with Crippen LogP contribution in [-0.4, -0.2) is 75.2 Å². The summed E-state index contributed by atoms with van der Waals surface area (Å²) in [7, 11) is 2.11. The van der Waals surface area contributed by atoms with Gasteiger partial charge < -0.3 is 19.3 Å². The number of H-pyrrole nitrogens is 1. The van der Waals surface area contributed by atoms with Crippen molar-refractivity contribution in [1.29, 1.82) is 0 Å². The monoisotopic (exact) mass is 577 g/mol. The predicted molar refractivity (Wildman–Crippen MR) is 161 cm³/mol. The molecule has 1 N–H and O–H groups in total. The van der Waals surface area contributed by atoms with Crippen molar-refractivity contribution in [1.82, 2.24) is 30.0 Å². The summed E-state index contributed by atoms with van der Waals surface area (Å²) in [5.74, 6) is 1.57. The minimum atomic E-state index is 0.0189. The van der Waals surface area contributed by atoms with Crippen LogP contribution in [0.3, 0.4) is 0 Å². The molecule has 0 bridgehead atoms. The lowest BCUT2D eigenvalue weighted by Gasteiger charge is -2.25. The maximum atomic E-state index is 11.9. The van der Waals surface area contributed by atoms with E-state index < -0.39 is 0 Å². The van der Waals surface area contributed by atoms with Gasteiger partial charge in [0.25, 0.3) is 0 Å². The number of likely N-dealkylation sites (tertiary alicyclic amines) is 1. The molecule has 0 spiro atoms. The molecule has 4 heterocycles. The highest BCUT2D eigenvalue weighted by atomic mass is 35.5. The number of benzene rings is 1. The first-order valence-corrected chi connectivity index (χ1v) is 14.5. The predicted octanol–water partition coefficient (Wildman–Crippen LogP) is 5.88. The van der Waals surface area contributed by atoms with Gasteiger partial charge in [-0.25, -0.2) is 0 Å². The Hall–Kier alpha value is -3.76. The smallest absolute Gasteiger partial charge is 0.319 e. The fraction of sp³-hybridized carbons (Fsp3) is 0.433. The highest BCUT2D eigenvalue weighted by molar-refractivity contribution is 6.30. The number of nitrogens with one attached hydrogen (secondary N) is 1. The van der Waals surface area contributed by atoms with E-state index in [1.807, 2.05) is 19.1 Å². The van der Waals surface area contributed by atoms with Gasteiger partial charge in [0.05, 0.1) is 22.5 Å². The molecule has 1 aliphatic rings. The first kappa shape index (κ1) is 28.8. The number of hydrogen-bond acceptors (Lipinski definition) is 9. The zero-order chi connectivity index (χ0) is 28.9. The van der Waals surface area contributed by atoms with Gasteiger partial charge in [0.1, 0.15) is 28.8 Å². The molecule has 1 aromatic carbocycles. The van der Waals surface area contributed by atoms with Crippen molar-refractivity contribution in [3.63, 3.8) is 0 Å². The summed E-state index contributed by atoms with van der Waals surface area (Å²) in [6, 6.07) is 6.23. The number of pyridine rings is 1. The number of halogens is 1. The van der Waals surface area contributed by atoms with Crippen LogP contribution in [0.25, 0.3) is 21.8 Å². The molecular formula is C30H36ClN7O3. The summed E-state index contributed by atoms with van der Waals surface area (Å²) in [6.07, 6.45) is 7.25. The number of aromatic nitrogens is 5. The van der Waals surface area contributed by atoms with E-state index >= 15 is 0 Å². The van der Waals surface area contributed by atoms with Crippen LogP contribution in [0.2, 0.25) is 5.15 Å². The number of aryl methyl sites for hydroxylation is 1. The SMILES string of the molecule is C=CC(=O)CCCN(CCC)c1nc(OC[C@@H]2CCCN2C)nc2c(Oc3c(C)ccc4[nH]ncc34)nc(Cl)cc12. The van der Waals surface area contributed by atoms with E-state index in [1.165, 1.54) is 6.08 Å². The largest absolute Gasteiger partial charge is 0.462 e. The Labute approximate surface area is 244 Å². The molecule has 0 amide bonds. The van der Waals surface area contributed by atoms with Crippen LogP contribution in [-0.2, 0) is 4.79 Å². The second-order valence-corrected chi connectivity index (χ2v) is 10.9. The van der Waals surface area contributed by atoms with E-state index in [9.17, 15) is 4.79 Å². The molecule has 41 heavy (non-hydrogen) atoms. The maximum Gasteiger partial charge on any atom is 0.319 e. The summed E-state index contributed by atoms with van der Waals surface area (Å²) in [5.41, 5.74) is 2.26. The standard InChI is InChI=1S/C30H36ClN7O3/c1-5-13-38(15-8-10-21(39)6-2)28-22-16-25(31)33-29(41-27-19(3)11-12-24-23(27)17-32-36-24)26(22)34-30(35-28)40-18-20-9-7-14-37(20)4/h6,11-12,16-17,20H,2,5,7-10,13-15,18H2,1,3-4H3,(H,32,36)/t20-/m0/s1. The van der Waals surface area contributed by atoms with Crippen molar-refractivity contribution in [2.75, 3.05) is 38.2 Å². The van der Waals surface area contributed by atoms with Crippen LogP contribution in [0, 0.1) is 6.92 Å². The van der Waals surface area contributed by atoms with E-state index in [0.29, 0.717) is 54.5 Å². The molecule has 10 nitrogen and oxygen atoms in total. The van der Waals surface area contributed by atoms with E-state index in [4.69, 9.17) is 31.0 Å². The molecule has 1 atom stereocenters. The van der Waals surface area contributed by atoms with Crippen LogP contribution in [0.1, 0.15) is 44.6 Å². The Kier molecular flexibility index (Phi) is 8.99. The number of hydrogen-bond donors (Lipinski definition) is 1. The van der Waals surface area contributed by atoms with Crippen LogP contribution in [0.5, 0.6) is 17.6 Å². The highest BCUT2D eigenvalue weighted by Gasteiger charge is 2.24. The average molecular weight is 578 g/mol. The number of likely N-dealkylation sites (N-methyl/N-ethyl adjacent to an activating group) is 1. The molecule has 1 saturated heterocycles. The summed E-state index contributed by atoms with van der Waals surface area (Å²) < 4.78 is 12.7. The van der Waals surface area contributed by atoms with Crippen LogP contribution >= 0.6 is 11.6 Å². The Morgan fingerprint density at radius 3 is 2.88 bits per heavy atom. The Morgan fingerprint density at radius 1 is 1.27 bits per heavy atom. The number of carbonyl (C=O) groups is 1. The van der Waals surface area contributed by atoms with Gasteiger partial charge in [-0.05, 0) is 70.0 Å². The number of carbonyl (C=O) groups excluding carboxylic acids is 1. The molecule has 0 aliphatic carbocycles. The second-order valence-electron chi connectivity index (χ2n) is 10.5. The van der Waals surface area contributed by atoms with Gasteiger partial charge in [-0.1, -0.05) is 31.2 Å². The van der Waals surface area contributed by atoms with Crippen molar-refractivity contribution in [3.05, 3.63) is 47.8 Å². The topological polar surface area (TPSA) is 109 Å². The lowest BCUT2D eigenvalue weighted by molar-refractivity contribution is -0.114.